The Morgan fingerprint density at radius 2 is 1.89 bits per heavy atom. The fourth-order valence-corrected chi connectivity index (χ4v) is 5.32. The third-order valence-electron chi connectivity index (χ3n) is 7.27. The number of hydrogen-bond acceptors (Lipinski definition) is 6. The first-order valence-corrected chi connectivity index (χ1v) is 12.9. The lowest BCUT2D eigenvalue weighted by Gasteiger charge is -2.36. The number of hydrogen-bond donors (Lipinski definition) is 0. The maximum atomic E-state index is 13.5. The second-order valence-electron chi connectivity index (χ2n) is 9.82. The topological polar surface area (TPSA) is 79.4 Å². The van der Waals surface area contributed by atoms with Crippen LogP contribution >= 0.6 is 0 Å². The summed E-state index contributed by atoms with van der Waals surface area (Å²) in [5, 5.41) is 0. The molecule has 3 aliphatic heterocycles. The molecule has 8 heteroatoms. The van der Waals surface area contributed by atoms with Gasteiger partial charge in [-0.3, -0.25) is 19.3 Å². The van der Waals surface area contributed by atoms with Crippen molar-refractivity contribution in [2.45, 2.75) is 38.7 Å². The minimum absolute atomic E-state index is 0.115. The van der Waals surface area contributed by atoms with Crippen molar-refractivity contribution in [3.05, 3.63) is 53.6 Å². The maximum Gasteiger partial charge on any atom is 0.263 e. The zero-order valence-corrected chi connectivity index (χ0v) is 20.9. The highest BCUT2D eigenvalue weighted by Crippen LogP contribution is 2.36. The number of nitrogens with zero attached hydrogens (tertiary/aromatic N) is 3. The summed E-state index contributed by atoms with van der Waals surface area (Å²) in [5.41, 5.74) is 1.56. The maximum absolute atomic E-state index is 13.5. The molecule has 5 rings (SSSR count). The molecule has 2 atom stereocenters. The van der Waals surface area contributed by atoms with Gasteiger partial charge in [0.05, 0.1) is 29.3 Å². The van der Waals surface area contributed by atoms with Crippen LogP contribution in [0.5, 0.6) is 11.5 Å². The van der Waals surface area contributed by atoms with E-state index >= 15 is 0 Å². The van der Waals surface area contributed by atoms with E-state index in [-0.39, 0.29) is 36.8 Å². The van der Waals surface area contributed by atoms with Crippen molar-refractivity contribution in [3.8, 4) is 11.5 Å². The third-order valence-corrected chi connectivity index (χ3v) is 7.27. The molecule has 190 valence electrons. The fourth-order valence-electron chi connectivity index (χ4n) is 5.32. The summed E-state index contributed by atoms with van der Waals surface area (Å²) in [6, 6.07) is 12.8. The van der Waals surface area contributed by atoms with Gasteiger partial charge in [0.15, 0.2) is 17.6 Å². The number of para-hydroxylation sites is 2. The summed E-state index contributed by atoms with van der Waals surface area (Å²) in [5.74, 6) is 0.670. The first kappa shape index (κ1) is 24.2. The monoisotopic (exact) mass is 491 g/mol. The van der Waals surface area contributed by atoms with Gasteiger partial charge in [0.25, 0.3) is 11.8 Å². The Balaban J connectivity index is 1.32. The Kier molecular flexibility index (Phi) is 6.85. The summed E-state index contributed by atoms with van der Waals surface area (Å²) in [7, 11) is 1.87. The van der Waals surface area contributed by atoms with E-state index in [1.165, 1.54) is 4.90 Å². The van der Waals surface area contributed by atoms with Crippen molar-refractivity contribution >= 4 is 23.4 Å². The van der Waals surface area contributed by atoms with Crippen LogP contribution in [0.2, 0.25) is 0 Å². The minimum atomic E-state index is -0.443. The summed E-state index contributed by atoms with van der Waals surface area (Å²) >= 11 is 0. The lowest BCUT2D eigenvalue weighted by molar-refractivity contribution is -0.134. The Bertz CT molecular complexity index is 1170. The first-order chi connectivity index (χ1) is 17.5. The molecule has 0 N–H and O–H groups in total. The van der Waals surface area contributed by atoms with Crippen LogP contribution in [0.4, 0.5) is 5.69 Å². The number of carbonyl (C=O) groups is 3. The molecule has 3 amide bonds. The summed E-state index contributed by atoms with van der Waals surface area (Å²) in [4.78, 5) is 45.0. The normalized spacial score (nSPS) is 20.9. The van der Waals surface area contributed by atoms with Gasteiger partial charge >= 0.3 is 0 Å². The number of benzene rings is 2. The van der Waals surface area contributed by atoms with Crippen LogP contribution < -0.4 is 14.4 Å². The van der Waals surface area contributed by atoms with Gasteiger partial charge in [-0.25, -0.2) is 0 Å². The molecule has 0 aromatic heterocycles. The van der Waals surface area contributed by atoms with Crippen molar-refractivity contribution in [1.82, 2.24) is 9.80 Å². The van der Waals surface area contributed by atoms with Crippen molar-refractivity contribution in [2.24, 2.45) is 5.92 Å². The lowest BCUT2D eigenvalue weighted by atomic mass is 9.95. The van der Waals surface area contributed by atoms with Gasteiger partial charge in [0, 0.05) is 26.7 Å². The average Bonchev–Trinajstić information content (AvgIpc) is 3.16. The van der Waals surface area contributed by atoms with E-state index in [2.05, 4.69) is 11.8 Å². The molecule has 2 aromatic carbocycles. The fraction of sp³-hybridized carbons (Fsp3) is 0.464. The summed E-state index contributed by atoms with van der Waals surface area (Å²) in [6.07, 6.45) is 3.28. The minimum Gasteiger partial charge on any atom is -0.486 e. The number of amides is 3. The highest BCUT2D eigenvalue weighted by Gasteiger charge is 2.41. The largest absolute Gasteiger partial charge is 0.486 e. The third kappa shape index (κ3) is 4.52. The van der Waals surface area contributed by atoms with E-state index in [4.69, 9.17) is 9.47 Å². The molecular weight excluding hydrogens is 458 g/mol. The van der Waals surface area contributed by atoms with Gasteiger partial charge in [-0.2, -0.15) is 0 Å². The number of unbranched alkanes of at least 4 members (excludes halogenated alkanes) is 1. The Morgan fingerprint density at radius 3 is 2.69 bits per heavy atom. The highest BCUT2D eigenvalue weighted by molar-refractivity contribution is 6.23. The average molecular weight is 492 g/mol. The van der Waals surface area contributed by atoms with E-state index in [0.717, 1.165) is 44.5 Å². The van der Waals surface area contributed by atoms with Gasteiger partial charge in [-0.15, -0.1) is 0 Å². The van der Waals surface area contributed by atoms with Crippen molar-refractivity contribution in [2.75, 3.05) is 44.7 Å². The zero-order chi connectivity index (χ0) is 25.2. The van der Waals surface area contributed by atoms with E-state index < -0.39 is 6.10 Å². The number of piperidine rings is 1. The predicted octanol–water partition coefficient (Wildman–Crippen LogP) is 3.60. The highest BCUT2D eigenvalue weighted by atomic mass is 16.6. The number of fused-ring (bicyclic) bond motifs is 2. The number of anilines is 1. The quantitative estimate of drug-likeness (QED) is 0.551. The smallest absolute Gasteiger partial charge is 0.263 e. The standard InChI is InChI=1S/C28H33N3O5/c1-3-4-14-29(2)26(32)19-9-8-15-30(16-19)22-11-7-10-21-25(22)28(34)31(27(21)33)17-20-18-35-23-12-5-6-13-24(23)36-20/h5-7,10-13,19-20H,3-4,8-9,14-18H2,1-2H3/t19-,20+/m0/s1. The van der Waals surface area contributed by atoms with Crippen LogP contribution in [0.25, 0.3) is 0 Å². The van der Waals surface area contributed by atoms with Crippen LogP contribution in [-0.2, 0) is 4.79 Å². The Labute approximate surface area is 211 Å². The molecular formula is C28H33N3O5. The number of imide groups is 1. The van der Waals surface area contributed by atoms with Gasteiger partial charge in [-0.1, -0.05) is 31.5 Å². The molecule has 36 heavy (non-hydrogen) atoms. The van der Waals surface area contributed by atoms with Crippen LogP contribution in [0.3, 0.4) is 0 Å². The molecule has 0 bridgehead atoms. The van der Waals surface area contributed by atoms with Gasteiger partial charge < -0.3 is 19.3 Å². The van der Waals surface area contributed by atoms with Gasteiger partial charge in [0.2, 0.25) is 5.91 Å². The molecule has 0 spiro atoms. The molecule has 0 aliphatic carbocycles. The molecule has 2 aromatic rings. The second-order valence-corrected chi connectivity index (χ2v) is 9.82. The molecule has 3 heterocycles. The molecule has 0 saturated carbocycles. The van der Waals surface area contributed by atoms with E-state index in [1.54, 1.807) is 6.07 Å². The van der Waals surface area contributed by atoms with Crippen LogP contribution in [0.15, 0.2) is 42.5 Å². The lowest BCUT2D eigenvalue weighted by Crippen LogP contribution is -2.45. The van der Waals surface area contributed by atoms with Crippen LogP contribution in [0, 0.1) is 5.92 Å². The van der Waals surface area contributed by atoms with Crippen molar-refractivity contribution in [3.63, 3.8) is 0 Å². The van der Waals surface area contributed by atoms with Crippen molar-refractivity contribution in [1.29, 1.82) is 0 Å². The van der Waals surface area contributed by atoms with E-state index in [0.29, 0.717) is 29.2 Å². The molecule has 1 fully saturated rings. The second kappa shape index (κ2) is 10.2. The first-order valence-electron chi connectivity index (χ1n) is 12.9. The summed E-state index contributed by atoms with van der Waals surface area (Å²) in [6.45, 7) is 4.54. The van der Waals surface area contributed by atoms with Crippen molar-refractivity contribution < 1.29 is 23.9 Å². The van der Waals surface area contributed by atoms with E-state index in [9.17, 15) is 14.4 Å². The van der Waals surface area contributed by atoms with Gasteiger partial charge in [-0.05, 0) is 43.5 Å². The number of ether oxygens (including phenoxy) is 2. The van der Waals surface area contributed by atoms with Crippen LogP contribution in [0.1, 0.15) is 53.3 Å². The molecule has 3 aliphatic rings. The number of rotatable bonds is 7. The zero-order valence-electron chi connectivity index (χ0n) is 20.9. The Morgan fingerprint density at radius 1 is 1.08 bits per heavy atom. The molecule has 1 saturated heterocycles. The van der Waals surface area contributed by atoms with E-state index in [1.807, 2.05) is 48.3 Å². The summed E-state index contributed by atoms with van der Waals surface area (Å²) < 4.78 is 11.8. The molecule has 0 unspecified atom stereocenters. The molecule has 0 radical (unpaired) electrons. The number of carbonyl (C=O) groups excluding carboxylic acids is 3. The predicted molar refractivity (Wildman–Crippen MR) is 136 cm³/mol. The Hall–Kier alpha value is -3.55. The van der Waals surface area contributed by atoms with Crippen LogP contribution in [-0.4, -0.2) is 73.5 Å². The SMILES string of the molecule is CCCCN(C)C(=O)[C@H]1CCCN(c2cccc3c2C(=O)N(C[C@@H]2COc4ccccc4O2)C3=O)C1. The molecule has 8 nitrogen and oxygen atoms in total. The van der Waals surface area contributed by atoms with Gasteiger partial charge in [0.1, 0.15) is 6.61 Å².